The molecule has 0 unspecified atom stereocenters. The van der Waals surface area contributed by atoms with Crippen LogP contribution < -0.4 is 5.32 Å². The van der Waals surface area contributed by atoms with Crippen molar-refractivity contribution in [2.45, 2.75) is 44.4 Å². The molecule has 112 valence electrons. The van der Waals surface area contributed by atoms with Crippen molar-refractivity contribution in [1.82, 2.24) is 5.32 Å². The summed E-state index contributed by atoms with van der Waals surface area (Å²) in [6, 6.07) is 0. The monoisotopic (exact) mass is 283 g/mol. The number of nitrogens with one attached hydrogen (secondary N) is 1. The molecule has 19 heavy (non-hydrogen) atoms. The smallest absolute Gasteiger partial charge is 0.388 e. The Morgan fingerprint density at radius 3 is 2.53 bits per heavy atom. The normalized spacial score (nSPS) is 28.2. The van der Waals surface area contributed by atoms with E-state index in [2.05, 4.69) is 17.0 Å². The lowest BCUT2D eigenvalue weighted by atomic mass is 9.79. The second-order valence-electron chi connectivity index (χ2n) is 5.29. The lowest BCUT2D eigenvalue weighted by Crippen LogP contribution is -2.46. The van der Waals surface area contributed by atoms with Crippen molar-refractivity contribution in [3.05, 3.63) is 0 Å². The van der Waals surface area contributed by atoms with Gasteiger partial charge in [0.15, 0.2) is 0 Å². The summed E-state index contributed by atoms with van der Waals surface area (Å²) in [5, 5.41) is 12.6. The maximum Gasteiger partial charge on any atom is 0.411 e. The lowest BCUT2D eigenvalue weighted by molar-refractivity contribution is -0.175. The van der Waals surface area contributed by atoms with Crippen LogP contribution in [0, 0.1) is 5.92 Å². The molecular formula is C12H20F3NO3. The maximum atomic E-state index is 11.8. The second kappa shape index (κ2) is 6.56. The van der Waals surface area contributed by atoms with Crippen molar-refractivity contribution in [2.24, 2.45) is 5.92 Å². The molecule has 0 radical (unpaired) electrons. The zero-order chi connectivity index (χ0) is 14.5. The van der Waals surface area contributed by atoms with E-state index in [0.29, 0.717) is 18.8 Å². The largest absolute Gasteiger partial charge is 0.411 e. The predicted octanol–water partition coefficient (Wildman–Crippen LogP) is 1.62. The SMILES string of the molecule is CC1CCC(O)(CNC(=O)COCC(F)(F)F)CC1. The highest BCUT2D eigenvalue weighted by atomic mass is 19.4. The molecule has 0 bridgehead atoms. The van der Waals surface area contributed by atoms with Crippen LogP contribution in [-0.2, 0) is 9.53 Å². The standard InChI is InChI=1S/C12H20F3NO3/c1-9-2-4-11(18,5-3-9)7-16-10(17)6-19-8-12(13,14)15/h9,18H,2-8H2,1H3,(H,16,17). The van der Waals surface area contributed by atoms with Crippen molar-refractivity contribution >= 4 is 5.91 Å². The number of rotatable bonds is 5. The summed E-state index contributed by atoms with van der Waals surface area (Å²) in [4.78, 5) is 11.3. The first-order valence-corrected chi connectivity index (χ1v) is 6.34. The minimum Gasteiger partial charge on any atom is -0.388 e. The Kier molecular flexibility index (Phi) is 5.61. The molecule has 0 atom stereocenters. The summed E-state index contributed by atoms with van der Waals surface area (Å²) in [6.07, 6.45) is -1.47. The van der Waals surface area contributed by atoms with Crippen LogP contribution in [0.3, 0.4) is 0 Å². The summed E-state index contributed by atoms with van der Waals surface area (Å²) >= 11 is 0. The van der Waals surface area contributed by atoms with Crippen LogP contribution >= 0.6 is 0 Å². The molecule has 1 rings (SSSR count). The summed E-state index contributed by atoms with van der Waals surface area (Å²) in [7, 11) is 0. The Bertz CT molecular complexity index is 299. The van der Waals surface area contributed by atoms with E-state index in [0.717, 1.165) is 12.8 Å². The topological polar surface area (TPSA) is 58.6 Å². The van der Waals surface area contributed by atoms with Crippen molar-refractivity contribution in [2.75, 3.05) is 19.8 Å². The Morgan fingerprint density at radius 2 is 2.00 bits per heavy atom. The third-order valence-electron chi connectivity index (χ3n) is 3.32. The zero-order valence-electron chi connectivity index (χ0n) is 10.9. The van der Waals surface area contributed by atoms with Gasteiger partial charge in [0.2, 0.25) is 5.91 Å². The minimum atomic E-state index is -4.43. The van der Waals surface area contributed by atoms with E-state index in [1.165, 1.54) is 0 Å². The van der Waals surface area contributed by atoms with E-state index >= 15 is 0 Å². The van der Waals surface area contributed by atoms with Crippen molar-refractivity contribution < 1.29 is 27.8 Å². The molecule has 1 aliphatic rings. The van der Waals surface area contributed by atoms with Gasteiger partial charge >= 0.3 is 6.18 Å². The number of aliphatic hydroxyl groups is 1. The van der Waals surface area contributed by atoms with Crippen molar-refractivity contribution in [3.8, 4) is 0 Å². The van der Waals surface area contributed by atoms with E-state index in [9.17, 15) is 23.1 Å². The number of carbonyl (C=O) groups excluding carboxylic acids is 1. The Labute approximate surface area is 110 Å². The molecule has 0 aromatic carbocycles. The van der Waals surface area contributed by atoms with Crippen LogP contribution in [0.5, 0.6) is 0 Å². The Balaban J connectivity index is 2.19. The molecular weight excluding hydrogens is 263 g/mol. The first kappa shape index (κ1) is 16.2. The Morgan fingerprint density at radius 1 is 1.42 bits per heavy atom. The minimum absolute atomic E-state index is 0.0634. The first-order valence-electron chi connectivity index (χ1n) is 6.34. The van der Waals surface area contributed by atoms with Crippen LogP contribution in [0.2, 0.25) is 0 Å². The second-order valence-corrected chi connectivity index (χ2v) is 5.29. The highest BCUT2D eigenvalue weighted by molar-refractivity contribution is 5.77. The number of ether oxygens (including phenoxy) is 1. The summed E-state index contributed by atoms with van der Waals surface area (Å²) in [5.41, 5.74) is -0.938. The average molecular weight is 283 g/mol. The fourth-order valence-corrected chi connectivity index (χ4v) is 2.05. The van der Waals surface area contributed by atoms with Gasteiger partial charge < -0.3 is 15.2 Å². The fourth-order valence-electron chi connectivity index (χ4n) is 2.05. The van der Waals surface area contributed by atoms with Crippen LogP contribution in [-0.4, -0.2) is 42.5 Å². The molecule has 1 fully saturated rings. The number of alkyl halides is 3. The van der Waals surface area contributed by atoms with Gasteiger partial charge in [0.05, 0.1) is 5.60 Å². The fraction of sp³-hybridized carbons (Fsp3) is 0.917. The molecule has 4 nitrogen and oxygen atoms in total. The number of amides is 1. The van der Waals surface area contributed by atoms with E-state index in [1.807, 2.05) is 0 Å². The van der Waals surface area contributed by atoms with E-state index < -0.39 is 30.9 Å². The summed E-state index contributed by atoms with van der Waals surface area (Å²) in [6.45, 7) is 0.0747. The average Bonchev–Trinajstić information content (AvgIpc) is 2.29. The summed E-state index contributed by atoms with van der Waals surface area (Å²) in [5.74, 6) is -0.0811. The van der Waals surface area contributed by atoms with Gasteiger partial charge in [-0.1, -0.05) is 6.92 Å². The van der Waals surface area contributed by atoms with E-state index in [1.54, 1.807) is 0 Å². The Hall–Kier alpha value is -0.820. The third kappa shape index (κ3) is 6.77. The van der Waals surface area contributed by atoms with Crippen molar-refractivity contribution in [1.29, 1.82) is 0 Å². The number of halogens is 3. The van der Waals surface area contributed by atoms with Crippen LogP contribution in [0.4, 0.5) is 13.2 Å². The van der Waals surface area contributed by atoms with E-state index in [-0.39, 0.29) is 6.54 Å². The molecule has 0 aliphatic heterocycles. The molecule has 0 aromatic rings. The maximum absolute atomic E-state index is 11.8. The van der Waals surface area contributed by atoms with Gasteiger partial charge in [0.1, 0.15) is 13.2 Å². The summed E-state index contributed by atoms with van der Waals surface area (Å²) < 4.78 is 39.6. The van der Waals surface area contributed by atoms with Gasteiger partial charge in [-0.25, -0.2) is 0 Å². The molecule has 0 saturated heterocycles. The van der Waals surface area contributed by atoms with Gasteiger partial charge in [0.25, 0.3) is 0 Å². The molecule has 1 saturated carbocycles. The molecule has 0 aromatic heterocycles. The highest BCUT2D eigenvalue weighted by Gasteiger charge is 2.32. The third-order valence-corrected chi connectivity index (χ3v) is 3.32. The molecule has 1 aliphatic carbocycles. The van der Waals surface area contributed by atoms with Gasteiger partial charge in [-0.2, -0.15) is 13.2 Å². The quantitative estimate of drug-likeness (QED) is 0.806. The van der Waals surface area contributed by atoms with Gasteiger partial charge in [-0.05, 0) is 31.6 Å². The van der Waals surface area contributed by atoms with Crippen LogP contribution in [0.25, 0.3) is 0 Å². The van der Waals surface area contributed by atoms with Crippen LogP contribution in [0.1, 0.15) is 32.6 Å². The van der Waals surface area contributed by atoms with Gasteiger partial charge in [0, 0.05) is 6.54 Å². The first-order chi connectivity index (χ1) is 8.70. The molecule has 2 N–H and O–H groups in total. The van der Waals surface area contributed by atoms with E-state index in [4.69, 9.17) is 0 Å². The zero-order valence-corrected chi connectivity index (χ0v) is 10.9. The van der Waals surface area contributed by atoms with Crippen molar-refractivity contribution in [3.63, 3.8) is 0 Å². The molecule has 0 spiro atoms. The van der Waals surface area contributed by atoms with Gasteiger partial charge in [-0.3, -0.25) is 4.79 Å². The molecule has 7 heteroatoms. The molecule has 0 heterocycles. The predicted molar refractivity (Wildman–Crippen MR) is 62.5 cm³/mol. The highest BCUT2D eigenvalue weighted by Crippen LogP contribution is 2.31. The number of hydrogen-bond donors (Lipinski definition) is 2. The lowest BCUT2D eigenvalue weighted by Gasteiger charge is -2.34. The van der Waals surface area contributed by atoms with Gasteiger partial charge in [-0.15, -0.1) is 0 Å². The number of hydrogen-bond acceptors (Lipinski definition) is 3. The van der Waals surface area contributed by atoms with Crippen LogP contribution in [0.15, 0.2) is 0 Å². The number of carbonyl (C=O) groups is 1. The molecule has 1 amide bonds.